The first-order chi connectivity index (χ1) is 10.1. The Hall–Kier alpha value is -1.96. The Kier molecular flexibility index (Phi) is 5.26. The fraction of sp³-hybridized carbons (Fsp3) is 0.286. The van der Waals surface area contributed by atoms with Crippen molar-refractivity contribution in [1.82, 2.24) is 10.3 Å². The quantitative estimate of drug-likeness (QED) is 0.574. The Morgan fingerprint density at radius 2 is 2.10 bits per heavy atom. The van der Waals surface area contributed by atoms with Crippen molar-refractivity contribution in [2.24, 2.45) is 0 Å². The van der Waals surface area contributed by atoms with Gasteiger partial charge in [0.2, 0.25) is 0 Å². The van der Waals surface area contributed by atoms with Crippen LogP contribution in [0.25, 0.3) is 0 Å². The molecule has 6 nitrogen and oxygen atoms in total. The number of thiazole rings is 1. The molecule has 1 aromatic heterocycles. The molecule has 2 rings (SSSR count). The Morgan fingerprint density at radius 1 is 1.38 bits per heavy atom. The van der Waals surface area contributed by atoms with E-state index in [9.17, 15) is 9.90 Å². The summed E-state index contributed by atoms with van der Waals surface area (Å²) in [6.45, 7) is 1.08. The highest BCUT2D eigenvalue weighted by atomic mass is 32.1. The predicted molar refractivity (Wildman–Crippen MR) is 81.5 cm³/mol. The van der Waals surface area contributed by atoms with E-state index in [4.69, 9.17) is 10.8 Å². The second-order valence-corrected chi connectivity index (χ2v) is 5.47. The number of nitrogen functional groups attached to an aromatic ring is 1. The standard InChI is InChI=1S/C14H17N3O3S/c15-14-17-11(8-21-14)12(18)7-16-6-5-9-1-3-10(4-2-9)13(19)20/h1-4,8,12,16,18H,5-7H2,(H2,15,17)(H,19,20). The number of anilines is 1. The van der Waals surface area contributed by atoms with Crippen molar-refractivity contribution in [3.63, 3.8) is 0 Å². The number of nitrogens with one attached hydrogen (secondary N) is 1. The summed E-state index contributed by atoms with van der Waals surface area (Å²) in [5, 5.41) is 24.0. The third kappa shape index (κ3) is 4.52. The van der Waals surface area contributed by atoms with Crippen LogP contribution in [0.15, 0.2) is 29.6 Å². The lowest BCUT2D eigenvalue weighted by atomic mass is 10.1. The number of hydrogen-bond acceptors (Lipinski definition) is 6. The zero-order chi connectivity index (χ0) is 15.2. The van der Waals surface area contributed by atoms with Gasteiger partial charge in [0.15, 0.2) is 5.13 Å². The highest BCUT2D eigenvalue weighted by molar-refractivity contribution is 7.13. The van der Waals surface area contributed by atoms with E-state index >= 15 is 0 Å². The van der Waals surface area contributed by atoms with Crippen molar-refractivity contribution in [1.29, 1.82) is 0 Å². The summed E-state index contributed by atoms with van der Waals surface area (Å²) >= 11 is 1.30. The number of carboxylic acids is 1. The van der Waals surface area contributed by atoms with Crippen LogP contribution in [-0.4, -0.2) is 34.3 Å². The zero-order valence-electron chi connectivity index (χ0n) is 11.3. The number of aromatic carboxylic acids is 1. The Morgan fingerprint density at radius 3 is 2.67 bits per heavy atom. The first-order valence-electron chi connectivity index (χ1n) is 6.48. The number of nitrogens with two attached hydrogens (primary N) is 1. The molecule has 0 amide bonds. The summed E-state index contributed by atoms with van der Waals surface area (Å²) in [5.74, 6) is -0.926. The maximum absolute atomic E-state index is 10.7. The molecule has 0 aliphatic heterocycles. The fourth-order valence-electron chi connectivity index (χ4n) is 1.84. The summed E-state index contributed by atoms with van der Waals surface area (Å²) in [6, 6.07) is 6.76. The van der Waals surface area contributed by atoms with E-state index in [0.717, 1.165) is 12.0 Å². The van der Waals surface area contributed by atoms with Gasteiger partial charge in [-0.3, -0.25) is 0 Å². The van der Waals surface area contributed by atoms with Crippen molar-refractivity contribution < 1.29 is 15.0 Å². The van der Waals surface area contributed by atoms with Gasteiger partial charge in [-0.15, -0.1) is 11.3 Å². The number of aliphatic hydroxyl groups is 1. The SMILES string of the molecule is Nc1nc(C(O)CNCCc2ccc(C(=O)O)cc2)cs1. The molecule has 1 heterocycles. The van der Waals surface area contributed by atoms with Crippen LogP contribution in [0.5, 0.6) is 0 Å². The first-order valence-corrected chi connectivity index (χ1v) is 7.36. The fourth-order valence-corrected chi connectivity index (χ4v) is 2.45. The summed E-state index contributed by atoms with van der Waals surface area (Å²) in [5.41, 5.74) is 7.42. The van der Waals surface area contributed by atoms with E-state index in [0.29, 0.717) is 23.9 Å². The van der Waals surface area contributed by atoms with Crippen LogP contribution < -0.4 is 11.1 Å². The largest absolute Gasteiger partial charge is 0.478 e. The lowest BCUT2D eigenvalue weighted by molar-refractivity contribution is 0.0697. The molecule has 0 radical (unpaired) electrons. The van der Waals surface area contributed by atoms with Gasteiger partial charge < -0.3 is 21.3 Å². The minimum absolute atomic E-state index is 0.281. The molecule has 21 heavy (non-hydrogen) atoms. The van der Waals surface area contributed by atoms with Gasteiger partial charge in [-0.05, 0) is 30.7 Å². The average Bonchev–Trinajstić information content (AvgIpc) is 2.90. The monoisotopic (exact) mass is 307 g/mol. The van der Waals surface area contributed by atoms with Crippen LogP contribution in [0, 0.1) is 0 Å². The number of carboxylic acid groups (broad SMARTS) is 1. The van der Waals surface area contributed by atoms with Gasteiger partial charge in [0.05, 0.1) is 11.3 Å². The van der Waals surface area contributed by atoms with E-state index in [-0.39, 0.29) is 5.56 Å². The minimum atomic E-state index is -0.926. The zero-order valence-corrected chi connectivity index (χ0v) is 12.1. The van der Waals surface area contributed by atoms with Gasteiger partial charge in [0.1, 0.15) is 6.10 Å². The molecule has 0 aliphatic carbocycles. The van der Waals surface area contributed by atoms with E-state index in [1.54, 1.807) is 29.6 Å². The normalized spacial score (nSPS) is 12.2. The van der Waals surface area contributed by atoms with E-state index < -0.39 is 12.1 Å². The first kappa shape index (κ1) is 15.4. The van der Waals surface area contributed by atoms with Crippen LogP contribution in [0.2, 0.25) is 0 Å². The van der Waals surface area contributed by atoms with Crippen molar-refractivity contribution in [2.45, 2.75) is 12.5 Å². The van der Waals surface area contributed by atoms with Crippen molar-refractivity contribution in [3.8, 4) is 0 Å². The summed E-state index contributed by atoms with van der Waals surface area (Å²) in [6.07, 6.45) is 0.0826. The molecule has 112 valence electrons. The Labute approximate surface area is 126 Å². The van der Waals surface area contributed by atoms with E-state index in [1.165, 1.54) is 11.3 Å². The van der Waals surface area contributed by atoms with Gasteiger partial charge in [0, 0.05) is 11.9 Å². The lowest BCUT2D eigenvalue weighted by Gasteiger charge is -2.09. The second-order valence-electron chi connectivity index (χ2n) is 4.58. The number of aliphatic hydroxyl groups excluding tert-OH is 1. The molecule has 1 atom stereocenters. The Balaban J connectivity index is 1.73. The number of aromatic nitrogens is 1. The summed E-state index contributed by atoms with van der Waals surface area (Å²) < 4.78 is 0. The van der Waals surface area contributed by atoms with Gasteiger partial charge in [-0.2, -0.15) is 0 Å². The van der Waals surface area contributed by atoms with Gasteiger partial charge in [0.25, 0.3) is 0 Å². The van der Waals surface area contributed by atoms with Crippen molar-refractivity contribution in [2.75, 3.05) is 18.8 Å². The summed E-state index contributed by atoms with van der Waals surface area (Å²) in [7, 11) is 0. The van der Waals surface area contributed by atoms with Crippen LogP contribution >= 0.6 is 11.3 Å². The summed E-state index contributed by atoms with van der Waals surface area (Å²) in [4.78, 5) is 14.8. The smallest absolute Gasteiger partial charge is 0.335 e. The second kappa shape index (κ2) is 7.16. The number of rotatable bonds is 7. The van der Waals surface area contributed by atoms with Crippen LogP contribution in [0.4, 0.5) is 5.13 Å². The predicted octanol–water partition coefficient (Wildman–Crippen LogP) is 1.29. The average molecular weight is 307 g/mol. The topological polar surface area (TPSA) is 108 Å². The molecule has 5 N–H and O–H groups in total. The number of carbonyl (C=O) groups is 1. The molecule has 7 heteroatoms. The molecule has 2 aromatic rings. The van der Waals surface area contributed by atoms with Gasteiger partial charge in [-0.25, -0.2) is 9.78 Å². The highest BCUT2D eigenvalue weighted by Crippen LogP contribution is 2.17. The molecule has 0 spiro atoms. The highest BCUT2D eigenvalue weighted by Gasteiger charge is 2.10. The molecule has 0 fully saturated rings. The Bertz CT molecular complexity index is 598. The molecular formula is C14H17N3O3S. The molecule has 1 unspecified atom stereocenters. The van der Waals surface area contributed by atoms with E-state index in [1.807, 2.05) is 0 Å². The molecule has 0 bridgehead atoms. The molecule has 0 saturated carbocycles. The minimum Gasteiger partial charge on any atom is -0.478 e. The van der Waals surface area contributed by atoms with Crippen LogP contribution in [0.3, 0.4) is 0 Å². The molecule has 1 aromatic carbocycles. The number of hydrogen-bond donors (Lipinski definition) is 4. The maximum Gasteiger partial charge on any atom is 0.335 e. The van der Waals surface area contributed by atoms with Gasteiger partial charge in [-0.1, -0.05) is 12.1 Å². The third-order valence-electron chi connectivity index (χ3n) is 3.01. The van der Waals surface area contributed by atoms with Crippen LogP contribution in [0.1, 0.15) is 27.7 Å². The van der Waals surface area contributed by atoms with E-state index in [2.05, 4.69) is 10.3 Å². The lowest BCUT2D eigenvalue weighted by Crippen LogP contribution is -2.24. The van der Waals surface area contributed by atoms with Crippen LogP contribution in [-0.2, 0) is 6.42 Å². The molecule has 0 aliphatic rings. The maximum atomic E-state index is 10.7. The molecular weight excluding hydrogens is 290 g/mol. The van der Waals surface area contributed by atoms with Crippen molar-refractivity contribution in [3.05, 3.63) is 46.5 Å². The van der Waals surface area contributed by atoms with Gasteiger partial charge >= 0.3 is 5.97 Å². The number of benzene rings is 1. The third-order valence-corrected chi connectivity index (χ3v) is 3.70. The van der Waals surface area contributed by atoms with Crippen molar-refractivity contribution >= 4 is 22.4 Å². The number of nitrogens with zero attached hydrogens (tertiary/aromatic N) is 1. The molecule has 0 saturated heterocycles.